The van der Waals surface area contributed by atoms with Crippen LogP contribution in [0.3, 0.4) is 0 Å². The third kappa shape index (κ3) is 6.54. The Morgan fingerprint density at radius 1 is 1.16 bits per heavy atom. The molecular formula is C25H21F4N5O3. The fraction of sp³-hybridized carbons (Fsp3) is 0.160. The number of alkyl halides is 3. The van der Waals surface area contributed by atoms with Crippen LogP contribution in [-0.4, -0.2) is 42.2 Å². The Morgan fingerprint density at radius 2 is 1.86 bits per heavy atom. The molecule has 3 aromatic rings. The number of ether oxygens (including phenoxy) is 1. The molecule has 0 bridgehead atoms. The maximum atomic E-state index is 14.8. The molecule has 3 N–H and O–H groups in total. The summed E-state index contributed by atoms with van der Waals surface area (Å²) in [6.07, 6.45) is -1.70. The van der Waals surface area contributed by atoms with E-state index in [2.05, 4.69) is 25.0 Å². The Bertz CT molecular complexity index is 1370. The Kier molecular flexibility index (Phi) is 8.33. The molecule has 0 fully saturated rings. The number of benzene rings is 2. The van der Waals surface area contributed by atoms with E-state index in [1.807, 2.05) is 0 Å². The van der Waals surface area contributed by atoms with Crippen molar-refractivity contribution in [3.05, 3.63) is 83.1 Å². The van der Waals surface area contributed by atoms with Crippen molar-refractivity contribution >= 4 is 29.5 Å². The first-order chi connectivity index (χ1) is 17.5. The van der Waals surface area contributed by atoms with Crippen LogP contribution in [-0.2, 0) is 22.1 Å². The van der Waals surface area contributed by atoms with Crippen LogP contribution in [0.15, 0.2) is 59.7 Å². The van der Waals surface area contributed by atoms with Gasteiger partial charge in [-0.2, -0.15) is 13.2 Å². The van der Waals surface area contributed by atoms with Crippen LogP contribution >= 0.6 is 0 Å². The second-order valence-corrected chi connectivity index (χ2v) is 7.53. The topological polar surface area (TPSA) is 120 Å². The summed E-state index contributed by atoms with van der Waals surface area (Å²) in [6.45, 7) is 0. The zero-order chi connectivity index (χ0) is 27.2. The number of carbonyl (C=O) groups is 2. The van der Waals surface area contributed by atoms with Gasteiger partial charge in [-0.15, -0.1) is 0 Å². The van der Waals surface area contributed by atoms with Gasteiger partial charge in [-0.25, -0.2) is 14.4 Å². The monoisotopic (exact) mass is 515 g/mol. The van der Waals surface area contributed by atoms with E-state index in [0.717, 1.165) is 18.4 Å². The molecule has 0 saturated carbocycles. The zero-order valence-corrected chi connectivity index (χ0v) is 19.6. The van der Waals surface area contributed by atoms with E-state index in [0.29, 0.717) is 5.56 Å². The molecule has 1 heterocycles. The second kappa shape index (κ2) is 11.4. The van der Waals surface area contributed by atoms with Gasteiger partial charge in [0.2, 0.25) is 0 Å². The summed E-state index contributed by atoms with van der Waals surface area (Å²) in [6, 6.07) is 9.45. The van der Waals surface area contributed by atoms with Crippen LogP contribution in [0, 0.1) is 5.82 Å². The van der Waals surface area contributed by atoms with E-state index in [4.69, 9.17) is 5.73 Å². The fourth-order valence-corrected chi connectivity index (χ4v) is 3.27. The van der Waals surface area contributed by atoms with Crippen molar-refractivity contribution in [3.63, 3.8) is 0 Å². The number of aromatic nitrogens is 2. The normalized spacial score (nSPS) is 12.0. The number of esters is 1. The predicted octanol–water partition coefficient (Wildman–Crippen LogP) is 4.27. The quantitative estimate of drug-likeness (QED) is 0.276. The molecule has 1 aromatic heterocycles. The lowest BCUT2D eigenvalue weighted by Crippen LogP contribution is -2.19. The van der Waals surface area contributed by atoms with Gasteiger partial charge in [-0.05, 0) is 18.2 Å². The van der Waals surface area contributed by atoms with Crippen LogP contribution in [0.2, 0.25) is 0 Å². The molecule has 0 aliphatic heterocycles. The first-order valence-electron chi connectivity index (χ1n) is 10.6. The van der Waals surface area contributed by atoms with Gasteiger partial charge in [-0.3, -0.25) is 14.6 Å². The molecule has 3 rings (SSSR count). The number of hydrogen-bond acceptors (Lipinski definition) is 7. The molecule has 0 unspecified atom stereocenters. The van der Waals surface area contributed by atoms with Gasteiger partial charge >= 0.3 is 12.1 Å². The fourth-order valence-electron chi connectivity index (χ4n) is 3.27. The minimum Gasteiger partial charge on any atom is -0.469 e. The lowest BCUT2D eigenvalue weighted by atomic mass is 9.99. The molecule has 2 aromatic carbocycles. The standard InChI is InChI=1S/C25H21F4N5O3/c1-31-9-8-19(30)15-10-16(18(26)11-17(15)25(27,28)29)24(36)33-20-13-32-21(12-22(35)37-2)34-23(20)14-6-4-3-5-7-14/h3-11,13H,12,30H2,1-2H3,(H,33,36). The maximum Gasteiger partial charge on any atom is 0.417 e. The SMILES string of the molecule is CN=CC=C(N)c1cc(C(=O)Nc2cnc(CC(=O)OC)nc2-c2ccccc2)c(F)cc1C(F)(F)F. The van der Waals surface area contributed by atoms with Gasteiger partial charge in [-0.1, -0.05) is 30.3 Å². The molecule has 192 valence electrons. The third-order valence-electron chi connectivity index (χ3n) is 5.04. The Balaban J connectivity index is 2.07. The number of nitrogens with one attached hydrogen (secondary N) is 1. The number of nitrogens with zero attached hydrogens (tertiary/aromatic N) is 3. The summed E-state index contributed by atoms with van der Waals surface area (Å²) in [4.78, 5) is 36.7. The van der Waals surface area contributed by atoms with Crippen molar-refractivity contribution in [1.29, 1.82) is 0 Å². The molecule has 0 radical (unpaired) electrons. The van der Waals surface area contributed by atoms with Gasteiger partial charge in [0.15, 0.2) is 0 Å². The smallest absolute Gasteiger partial charge is 0.417 e. The van der Waals surface area contributed by atoms with E-state index >= 15 is 0 Å². The molecule has 0 saturated heterocycles. The van der Waals surface area contributed by atoms with Gasteiger partial charge in [0, 0.05) is 30.1 Å². The van der Waals surface area contributed by atoms with E-state index < -0.39 is 40.6 Å². The average Bonchev–Trinajstić information content (AvgIpc) is 2.87. The maximum absolute atomic E-state index is 14.8. The molecule has 8 nitrogen and oxygen atoms in total. The number of anilines is 1. The van der Waals surface area contributed by atoms with Crippen LogP contribution in [0.5, 0.6) is 0 Å². The van der Waals surface area contributed by atoms with Crippen LogP contribution < -0.4 is 11.1 Å². The highest BCUT2D eigenvalue weighted by atomic mass is 19.4. The largest absolute Gasteiger partial charge is 0.469 e. The molecule has 0 spiro atoms. The number of allylic oxidation sites excluding steroid dienone is 1. The van der Waals surface area contributed by atoms with E-state index in [1.165, 1.54) is 20.4 Å². The average molecular weight is 515 g/mol. The third-order valence-corrected chi connectivity index (χ3v) is 5.04. The lowest BCUT2D eigenvalue weighted by molar-refractivity contribution is -0.140. The minimum atomic E-state index is -4.93. The second-order valence-electron chi connectivity index (χ2n) is 7.53. The van der Waals surface area contributed by atoms with Crippen LogP contribution in [0.25, 0.3) is 17.0 Å². The number of hydrogen-bond donors (Lipinski definition) is 2. The zero-order valence-electron chi connectivity index (χ0n) is 19.6. The number of carbonyl (C=O) groups excluding carboxylic acids is 2. The highest BCUT2D eigenvalue weighted by Gasteiger charge is 2.36. The van der Waals surface area contributed by atoms with Crippen molar-refractivity contribution in [2.45, 2.75) is 12.6 Å². The van der Waals surface area contributed by atoms with Gasteiger partial charge in [0.1, 0.15) is 18.1 Å². The van der Waals surface area contributed by atoms with E-state index in [9.17, 15) is 27.2 Å². The summed E-state index contributed by atoms with van der Waals surface area (Å²) < 4.78 is 60.0. The van der Waals surface area contributed by atoms with Crippen molar-refractivity contribution in [3.8, 4) is 11.3 Å². The highest BCUT2D eigenvalue weighted by Crippen LogP contribution is 2.36. The summed E-state index contributed by atoms with van der Waals surface area (Å²) in [5, 5.41) is 2.44. The molecule has 0 atom stereocenters. The molecule has 0 aliphatic rings. The lowest BCUT2D eigenvalue weighted by Gasteiger charge is -2.16. The summed E-state index contributed by atoms with van der Waals surface area (Å²) in [5.41, 5.74) is 3.55. The molecular weight excluding hydrogens is 494 g/mol. The number of amides is 1. The van der Waals surface area contributed by atoms with Gasteiger partial charge < -0.3 is 15.8 Å². The molecule has 12 heteroatoms. The number of halogens is 4. The number of rotatable bonds is 7. The van der Waals surface area contributed by atoms with Gasteiger partial charge in [0.25, 0.3) is 5.91 Å². The van der Waals surface area contributed by atoms with Crippen molar-refractivity contribution in [2.75, 3.05) is 19.5 Å². The minimum absolute atomic E-state index is 0.0345. The Morgan fingerprint density at radius 3 is 2.49 bits per heavy atom. The first-order valence-corrected chi connectivity index (χ1v) is 10.6. The van der Waals surface area contributed by atoms with E-state index in [1.54, 1.807) is 30.3 Å². The van der Waals surface area contributed by atoms with Crippen molar-refractivity contribution in [2.24, 2.45) is 10.7 Å². The van der Waals surface area contributed by atoms with Gasteiger partial charge in [0.05, 0.1) is 35.8 Å². The van der Waals surface area contributed by atoms with Crippen molar-refractivity contribution in [1.82, 2.24) is 9.97 Å². The van der Waals surface area contributed by atoms with Crippen molar-refractivity contribution < 1.29 is 31.9 Å². The van der Waals surface area contributed by atoms with E-state index in [-0.39, 0.29) is 35.4 Å². The van der Waals surface area contributed by atoms with Crippen LogP contribution in [0.4, 0.5) is 23.2 Å². The Labute approximate surface area is 208 Å². The molecule has 0 aliphatic carbocycles. The first kappa shape index (κ1) is 27.0. The molecule has 37 heavy (non-hydrogen) atoms. The molecule has 1 amide bonds. The number of aliphatic imine (C=N–C) groups is 1. The summed E-state index contributed by atoms with van der Waals surface area (Å²) >= 11 is 0. The number of methoxy groups -OCH3 is 1. The highest BCUT2D eigenvalue weighted by molar-refractivity contribution is 6.06. The predicted molar refractivity (Wildman–Crippen MR) is 129 cm³/mol. The summed E-state index contributed by atoms with van der Waals surface area (Å²) in [7, 11) is 2.60. The van der Waals surface area contributed by atoms with Crippen LogP contribution in [0.1, 0.15) is 27.3 Å². The Hall–Kier alpha value is -4.61. The summed E-state index contributed by atoms with van der Waals surface area (Å²) in [5.74, 6) is -2.96. The number of nitrogens with two attached hydrogens (primary N) is 1.